The van der Waals surface area contributed by atoms with E-state index in [1.54, 1.807) is 11.1 Å². The second kappa shape index (κ2) is 11.0. The Kier molecular flexibility index (Phi) is 6.36. The number of benzene rings is 5. The summed E-state index contributed by atoms with van der Waals surface area (Å²) >= 11 is 0. The first kappa shape index (κ1) is 30.1. The average Bonchev–Trinajstić information content (AvgIpc) is 3.78. The van der Waals surface area contributed by atoms with Crippen LogP contribution in [0.3, 0.4) is 0 Å². The Bertz CT molecular complexity index is 2670. The van der Waals surface area contributed by atoms with E-state index in [1.807, 2.05) is 36.4 Å². The Balaban J connectivity index is 1.06. The highest BCUT2D eigenvalue weighted by molar-refractivity contribution is 6.11. The third-order valence-corrected chi connectivity index (χ3v) is 12.8. The molecule has 0 atom stereocenters. The molecule has 4 aliphatic carbocycles. The minimum absolute atomic E-state index is 0.0255. The zero-order valence-electron chi connectivity index (χ0n) is 29.8. The predicted molar refractivity (Wildman–Crippen MR) is 213 cm³/mol. The number of aromatic nitrogens is 2. The van der Waals surface area contributed by atoms with E-state index in [9.17, 15) is 0 Å². The number of rotatable bonds is 3. The molecule has 0 saturated heterocycles. The Hall–Kier alpha value is -5.54. The van der Waals surface area contributed by atoms with Crippen molar-refractivity contribution in [1.29, 1.82) is 0 Å². The van der Waals surface area contributed by atoms with Crippen LogP contribution in [-0.2, 0) is 10.8 Å². The predicted octanol–water partition coefficient (Wildman–Crippen LogP) is 12.9. The third-order valence-electron chi connectivity index (χ3n) is 12.8. The number of hydrogen-bond acceptors (Lipinski definition) is 3. The van der Waals surface area contributed by atoms with Crippen molar-refractivity contribution in [2.24, 2.45) is 0 Å². The second-order valence-corrected chi connectivity index (χ2v) is 15.9. The van der Waals surface area contributed by atoms with Crippen LogP contribution in [0.4, 0.5) is 0 Å². The summed E-state index contributed by atoms with van der Waals surface area (Å²) in [6.45, 7) is 4.83. The molecule has 2 heterocycles. The van der Waals surface area contributed by atoms with E-state index in [0.29, 0.717) is 5.82 Å². The van der Waals surface area contributed by atoms with E-state index in [4.69, 9.17) is 14.4 Å². The van der Waals surface area contributed by atoms with E-state index >= 15 is 0 Å². The Morgan fingerprint density at radius 1 is 0.615 bits per heavy atom. The quantitative estimate of drug-likeness (QED) is 0.188. The van der Waals surface area contributed by atoms with Gasteiger partial charge in [0.15, 0.2) is 11.4 Å². The molecule has 0 aliphatic heterocycles. The summed E-state index contributed by atoms with van der Waals surface area (Å²) in [6.07, 6.45) is 11.3. The molecule has 0 unspecified atom stereocenters. The molecule has 1 fully saturated rings. The van der Waals surface area contributed by atoms with E-state index < -0.39 is 0 Å². The molecule has 0 amide bonds. The lowest BCUT2D eigenvalue weighted by Gasteiger charge is -2.39. The molecule has 11 rings (SSSR count). The summed E-state index contributed by atoms with van der Waals surface area (Å²) in [5.41, 5.74) is 20.2. The molecule has 3 nitrogen and oxygen atoms in total. The van der Waals surface area contributed by atoms with Crippen molar-refractivity contribution >= 4 is 33.2 Å². The number of fused-ring (bicyclic) bond motifs is 10. The van der Waals surface area contributed by atoms with Crippen LogP contribution < -0.4 is 0 Å². The summed E-state index contributed by atoms with van der Waals surface area (Å²) in [5.74, 6) is 0.710. The molecule has 7 aromatic rings. The second-order valence-electron chi connectivity index (χ2n) is 15.9. The fourth-order valence-electron chi connectivity index (χ4n) is 10.3. The van der Waals surface area contributed by atoms with Gasteiger partial charge in [0.2, 0.25) is 0 Å². The topological polar surface area (TPSA) is 38.9 Å². The molecular formula is C49H40N2O. The van der Waals surface area contributed by atoms with E-state index in [1.165, 1.54) is 76.6 Å². The molecule has 0 radical (unpaired) electrons. The van der Waals surface area contributed by atoms with Crippen LogP contribution >= 0.6 is 0 Å². The van der Waals surface area contributed by atoms with Gasteiger partial charge < -0.3 is 4.42 Å². The lowest BCUT2D eigenvalue weighted by Crippen LogP contribution is -2.30. The molecular weight excluding hydrogens is 633 g/mol. The van der Waals surface area contributed by atoms with Crippen molar-refractivity contribution in [3.8, 4) is 33.8 Å². The lowest BCUT2D eigenvalue weighted by atomic mass is 9.65. The molecule has 5 aromatic carbocycles. The van der Waals surface area contributed by atoms with Gasteiger partial charge in [0.1, 0.15) is 16.8 Å². The number of para-hydroxylation sites is 1. The van der Waals surface area contributed by atoms with Crippen molar-refractivity contribution < 1.29 is 4.42 Å². The van der Waals surface area contributed by atoms with Gasteiger partial charge in [0.25, 0.3) is 0 Å². The van der Waals surface area contributed by atoms with Crippen molar-refractivity contribution in [3.63, 3.8) is 0 Å². The maximum atomic E-state index is 6.47. The van der Waals surface area contributed by atoms with Crippen molar-refractivity contribution in [2.45, 2.75) is 69.6 Å². The number of allylic oxidation sites excluding steroid dienone is 4. The van der Waals surface area contributed by atoms with E-state index in [-0.39, 0.29) is 10.8 Å². The monoisotopic (exact) mass is 672 g/mol. The van der Waals surface area contributed by atoms with Crippen LogP contribution in [0.1, 0.15) is 86.6 Å². The zero-order chi connectivity index (χ0) is 34.6. The fraction of sp³-hybridized carbons (Fsp3) is 0.224. The minimum Gasteiger partial charge on any atom is -0.452 e. The number of furan rings is 1. The number of nitrogens with zero attached hydrogens (tertiary/aromatic N) is 2. The summed E-state index contributed by atoms with van der Waals surface area (Å²) in [7, 11) is 0. The standard InChI is InChI=1S/C49H40N2O/c1-48(2)38-19-9-7-16-34(38)36-28-41-37(29-40(36)48)43-33(18-13-20-39(43)49(41)26-11-4-12-27-49)30-22-24-31(25-23-30)44-46-45(35-17-8-10-21-42(35)52-46)51-47(50-44)32-14-5-3-6-15-32/h3,5-10,14-19,21-25,28-29H,4,11-13,20,26-27H2,1-2H3. The van der Waals surface area contributed by atoms with Gasteiger partial charge in [-0.15, -0.1) is 0 Å². The smallest absolute Gasteiger partial charge is 0.180 e. The highest BCUT2D eigenvalue weighted by Crippen LogP contribution is 2.62. The first-order valence-corrected chi connectivity index (χ1v) is 19.1. The molecule has 0 N–H and O–H groups in total. The minimum atomic E-state index is -0.0255. The van der Waals surface area contributed by atoms with Gasteiger partial charge in [-0.1, -0.05) is 136 Å². The van der Waals surface area contributed by atoms with Crippen molar-refractivity contribution in [1.82, 2.24) is 9.97 Å². The van der Waals surface area contributed by atoms with E-state index in [2.05, 4.69) is 98.8 Å². The van der Waals surface area contributed by atoms with Crippen LogP contribution in [0.5, 0.6) is 0 Å². The maximum Gasteiger partial charge on any atom is 0.180 e. The third kappa shape index (κ3) is 4.14. The molecule has 1 saturated carbocycles. The Morgan fingerprint density at radius 3 is 2.19 bits per heavy atom. The molecule has 1 spiro atoms. The van der Waals surface area contributed by atoms with Gasteiger partial charge in [0.05, 0.1) is 0 Å². The average molecular weight is 673 g/mol. The number of hydrogen-bond donors (Lipinski definition) is 0. The van der Waals surface area contributed by atoms with E-state index in [0.717, 1.165) is 51.7 Å². The normalized spacial score (nSPS) is 18.0. The van der Waals surface area contributed by atoms with Crippen LogP contribution in [-0.4, -0.2) is 9.97 Å². The fourth-order valence-corrected chi connectivity index (χ4v) is 10.3. The van der Waals surface area contributed by atoms with Gasteiger partial charge in [-0.05, 0) is 100 Å². The van der Waals surface area contributed by atoms with Gasteiger partial charge in [-0.25, -0.2) is 9.97 Å². The first-order valence-electron chi connectivity index (χ1n) is 19.1. The molecule has 52 heavy (non-hydrogen) atoms. The lowest BCUT2D eigenvalue weighted by molar-refractivity contribution is 0.338. The van der Waals surface area contributed by atoms with Gasteiger partial charge in [-0.2, -0.15) is 0 Å². The zero-order valence-corrected chi connectivity index (χ0v) is 29.8. The van der Waals surface area contributed by atoms with Crippen molar-refractivity contribution in [2.75, 3.05) is 0 Å². The van der Waals surface area contributed by atoms with Crippen molar-refractivity contribution in [3.05, 3.63) is 155 Å². The maximum absolute atomic E-state index is 6.47. The molecule has 0 bridgehead atoms. The van der Waals surface area contributed by atoms with Gasteiger partial charge >= 0.3 is 0 Å². The largest absolute Gasteiger partial charge is 0.452 e. The first-order chi connectivity index (χ1) is 25.5. The molecule has 4 aliphatic rings. The molecule has 2 aromatic heterocycles. The molecule has 252 valence electrons. The summed E-state index contributed by atoms with van der Waals surface area (Å²) < 4.78 is 6.47. The van der Waals surface area contributed by atoms with Crippen LogP contribution in [0, 0.1) is 0 Å². The summed E-state index contributed by atoms with van der Waals surface area (Å²) in [5, 5.41) is 1.01. The Labute approximate surface area is 304 Å². The molecule has 3 heteroatoms. The summed E-state index contributed by atoms with van der Waals surface area (Å²) in [4.78, 5) is 10.2. The van der Waals surface area contributed by atoms with Gasteiger partial charge in [-0.3, -0.25) is 0 Å². The highest BCUT2D eigenvalue weighted by Gasteiger charge is 2.48. The Morgan fingerprint density at radius 2 is 1.35 bits per heavy atom. The highest BCUT2D eigenvalue weighted by atomic mass is 16.3. The SMILES string of the molecule is CC1(C)c2ccccc2-c2cc3c(cc21)C1=C(CCC=C1c1ccc(-c2nc(-c4ccccc4)nc4c2oc2ccccc24)cc1)C31CCCCC1. The summed E-state index contributed by atoms with van der Waals surface area (Å²) in [6, 6.07) is 41.9. The van der Waals surface area contributed by atoms with Crippen LogP contribution in [0.25, 0.3) is 67.0 Å². The van der Waals surface area contributed by atoms with Gasteiger partial charge in [0, 0.05) is 27.3 Å². The van der Waals surface area contributed by atoms with Crippen LogP contribution in [0.2, 0.25) is 0 Å². The van der Waals surface area contributed by atoms with Crippen LogP contribution in [0.15, 0.2) is 131 Å².